The van der Waals surface area contributed by atoms with Crippen molar-refractivity contribution < 1.29 is 22.7 Å². The summed E-state index contributed by atoms with van der Waals surface area (Å²) < 4.78 is 42.9. The van der Waals surface area contributed by atoms with Gasteiger partial charge in [0, 0.05) is 5.69 Å². The zero-order valence-electron chi connectivity index (χ0n) is 12.6. The Morgan fingerprint density at radius 3 is 2.13 bits per heavy atom. The SMILES string of the molecule is Cc1ccc(OC(C)C(=O)Nc2ccc(C(F)(F)F)cc2)cc1. The molecule has 1 amide bonds. The van der Waals surface area contributed by atoms with Gasteiger partial charge in [-0.05, 0) is 50.2 Å². The monoisotopic (exact) mass is 323 g/mol. The largest absolute Gasteiger partial charge is 0.481 e. The molecule has 1 N–H and O–H groups in total. The van der Waals surface area contributed by atoms with Crippen molar-refractivity contribution in [1.29, 1.82) is 0 Å². The van der Waals surface area contributed by atoms with Crippen LogP contribution in [0.2, 0.25) is 0 Å². The molecular weight excluding hydrogens is 307 g/mol. The molecule has 6 heteroatoms. The van der Waals surface area contributed by atoms with E-state index in [0.717, 1.165) is 17.7 Å². The number of carbonyl (C=O) groups is 1. The van der Waals surface area contributed by atoms with Gasteiger partial charge in [-0.2, -0.15) is 13.2 Å². The second-order valence-corrected chi connectivity index (χ2v) is 5.14. The molecule has 1 unspecified atom stereocenters. The van der Waals surface area contributed by atoms with Gasteiger partial charge in [-0.15, -0.1) is 0 Å². The molecule has 3 nitrogen and oxygen atoms in total. The predicted octanol–water partition coefficient (Wildman–Crippen LogP) is 4.42. The molecule has 0 bridgehead atoms. The van der Waals surface area contributed by atoms with E-state index in [9.17, 15) is 18.0 Å². The maximum atomic E-state index is 12.5. The molecule has 2 aromatic carbocycles. The number of hydrogen-bond donors (Lipinski definition) is 1. The maximum absolute atomic E-state index is 12.5. The van der Waals surface area contributed by atoms with Crippen molar-refractivity contribution in [2.24, 2.45) is 0 Å². The van der Waals surface area contributed by atoms with E-state index in [1.54, 1.807) is 19.1 Å². The van der Waals surface area contributed by atoms with Gasteiger partial charge in [-0.1, -0.05) is 17.7 Å². The minimum atomic E-state index is -4.40. The van der Waals surface area contributed by atoms with Crippen LogP contribution in [0.15, 0.2) is 48.5 Å². The van der Waals surface area contributed by atoms with Crippen LogP contribution < -0.4 is 10.1 Å². The molecule has 0 saturated carbocycles. The van der Waals surface area contributed by atoms with Crippen LogP contribution in [-0.2, 0) is 11.0 Å². The molecule has 0 spiro atoms. The number of aryl methyl sites for hydroxylation is 1. The number of hydrogen-bond acceptors (Lipinski definition) is 2. The van der Waals surface area contributed by atoms with E-state index >= 15 is 0 Å². The van der Waals surface area contributed by atoms with Crippen molar-refractivity contribution in [3.63, 3.8) is 0 Å². The van der Waals surface area contributed by atoms with Crippen LogP contribution in [0.3, 0.4) is 0 Å². The van der Waals surface area contributed by atoms with E-state index in [4.69, 9.17) is 4.74 Å². The van der Waals surface area contributed by atoms with Crippen LogP contribution in [-0.4, -0.2) is 12.0 Å². The Kier molecular flexibility index (Phi) is 4.93. The van der Waals surface area contributed by atoms with E-state index in [-0.39, 0.29) is 5.69 Å². The van der Waals surface area contributed by atoms with Crippen molar-refractivity contribution in [2.45, 2.75) is 26.1 Å². The molecule has 0 fully saturated rings. The molecule has 0 saturated heterocycles. The fourth-order valence-electron chi connectivity index (χ4n) is 1.86. The number of halogens is 3. The van der Waals surface area contributed by atoms with Crippen molar-refractivity contribution in [3.8, 4) is 5.75 Å². The second kappa shape index (κ2) is 6.73. The highest BCUT2D eigenvalue weighted by Crippen LogP contribution is 2.29. The first-order chi connectivity index (χ1) is 10.8. The number of carbonyl (C=O) groups excluding carboxylic acids is 1. The summed E-state index contributed by atoms with van der Waals surface area (Å²) >= 11 is 0. The Morgan fingerprint density at radius 1 is 1.04 bits per heavy atom. The summed E-state index contributed by atoms with van der Waals surface area (Å²) in [6, 6.07) is 11.5. The normalized spacial score (nSPS) is 12.6. The lowest BCUT2D eigenvalue weighted by Gasteiger charge is -2.15. The number of benzene rings is 2. The molecule has 1 atom stereocenters. The Hall–Kier alpha value is -2.50. The van der Waals surface area contributed by atoms with Crippen LogP contribution in [0.1, 0.15) is 18.1 Å². The molecule has 0 radical (unpaired) electrons. The van der Waals surface area contributed by atoms with Gasteiger partial charge >= 0.3 is 6.18 Å². The third-order valence-corrected chi connectivity index (χ3v) is 3.18. The summed E-state index contributed by atoms with van der Waals surface area (Å²) in [6.45, 7) is 3.50. The first kappa shape index (κ1) is 16.9. The summed E-state index contributed by atoms with van der Waals surface area (Å²) in [5.74, 6) is 0.107. The molecule has 0 aromatic heterocycles. The topological polar surface area (TPSA) is 38.3 Å². The highest BCUT2D eigenvalue weighted by Gasteiger charge is 2.30. The summed E-state index contributed by atoms with van der Waals surface area (Å²) in [5.41, 5.74) is 0.584. The van der Waals surface area contributed by atoms with Gasteiger partial charge < -0.3 is 10.1 Å². The standard InChI is InChI=1S/C17H16F3NO2/c1-11-3-9-15(10-4-11)23-12(2)16(22)21-14-7-5-13(6-8-14)17(18,19)20/h3-10,12H,1-2H3,(H,21,22). The van der Waals surface area contributed by atoms with Crippen molar-refractivity contribution in [2.75, 3.05) is 5.32 Å². The Morgan fingerprint density at radius 2 is 1.61 bits per heavy atom. The zero-order valence-corrected chi connectivity index (χ0v) is 12.6. The first-order valence-electron chi connectivity index (χ1n) is 6.97. The molecule has 23 heavy (non-hydrogen) atoms. The van der Waals surface area contributed by atoms with Crippen molar-refractivity contribution in [1.82, 2.24) is 0 Å². The number of nitrogens with one attached hydrogen (secondary N) is 1. The molecule has 0 aliphatic heterocycles. The maximum Gasteiger partial charge on any atom is 0.416 e. The van der Waals surface area contributed by atoms with Gasteiger partial charge in [0.2, 0.25) is 0 Å². The molecule has 2 rings (SSSR count). The average Bonchev–Trinajstić information content (AvgIpc) is 2.49. The van der Waals surface area contributed by atoms with E-state index in [1.807, 2.05) is 19.1 Å². The fourth-order valence-corrected chi connectivity index (χ4v) is 1.86. The quantitative estimate of drug-likeness (QED) is 0.904. The molecule has 0 aliphatic carbocycles. The van der Waals surface area contributed by atoms with E-state index in [2.05, 4.69) is 5.32 Å². The number of anilines is 1. The Balaban J connectivity index is 1.96. The lowest BCUT2D eigenvalue weighted by atomic mass is 10.2. The average molecular weight is 323 g/mol. The minimum Gasteiger partial charge on any atom is -0.481 e. The molecular formula is C17H16F3NO2. The predicted molar refractivity (Wildman–Crippen MR) is 81.3 cm³/mol. The summed E-state index contributed by atoms with van der Waals surface area (Å²) in [6.07, 6.45) is -5.18. The summed E-state index contributed by atoms with van der Waals surface area (Å²) in [5, 5.41) is 2.52. The number of amides is 1. The smallest absolute Gasteiger partial charge is 0.416 e. The Labute approximate surface area is 132 Å². The molecule has 2 aromatic rings. The van der Waals surface area contributed by atoms with Gasteiger partial charge in [0.15, 0.2) is 6.10 Å². The Bertz CT molecular complexity index is 664. The highest BCUT2D eigenvalue weighted by molar-refractivity contribution is 5.94. The van der Waals surface area contributed by atoms with Crippen molar-refractivity contribution >= 4 is 11.6 Å². The third kappa shape index (κ3) is 4.74. The van der Waals surface area contributed by atoms with Crippen LogP contribution in [0.25, 0.3) is 0 Å². The van der Waals surface area contributed by atoms with E-state index < -0.39 is 23.8 Å². The van der Waals surface area contributed by atoms with Crippen LogP contribution in [0, 0.1) is 6.92 Å². The number of ether oxygens (including phenoxy) is 1. The number of rotatable bonds is 4. The second-order valence-electron chi connectivity index (χ2n) is 5.14. The fraction of sp³-hybridized carbons (Fsp3) is 0.235. The van der Waals surface area contributed by atoms with E-state index in [1.165, 1.54) is 12.1 Å². The van der Waals surface area contributed by atoms with E-state index in [0.29, 0.717) is 5.75 Å². The third-order valence-electron chi connectivity index (χ3n) is 3.18. The lowest BCUT2D eigenvalue weighted by Crippen LogP contribution is -2.30. The van der Waals surface area contributed by atoms with Crippen LogP contribution >= 0.6 is 0 Å². The number of alkyl halides is 3. The highest BCUT2D eigenvalue weighted by atomic mass is 19.4. The van der Waals surface area contributed by atoms with Gasteiger partial charge in [-0.3, -0.25) is 4.79 Å². The van der Waals surface area contributed by atoms with Crippen LogP contribution in [0.5, 0.6) is 5.75 Å². The molecule has 0 heterocycles. The summed E-state index contributed by atoms with van der Waals surface area (Å²) in [4.78, 5) is 12.0. The van der Waals surface area contributed by atoms with Crippen LogP contribution in [0.4, 0.5) is 18.9 Å². The van der Waals surface area contributed by atoms with Crippen molar-refractivity contribution in [3.05, 3.63) is 59.7 Å². The van der Waals surface area contributed by atoms with Gasteiger partial charge in [0.25, 0.3) is 5.91 Å². The summed E-state index contributed by atoms with van der Waals surface area (Å²) in [7, 11) is 0. The zero-order chi connectivity index (χ0) is 17.0. The first-order valence-corrected chi connectivity index (χ1v) is 6.97. The van der Waals surface area contributed by atoms with Gasteiger partial charge in [0.05, 0.1) is 5.56 Å². The van der Waals surface area contributed by atoms with Gasteiger partial charge in [0.1, 0.15) is 5.75 Å². The molecule has 122 valence electrons. The molecule has 0 aliphatic rings. The van der Waals surface area contributed by atoms with Gasteiger partial charge in [-0.25, -0.2) is 0 Å². The minimum absolute atomic E-state index is 0.280. The lowest BCUT2D eigenvalue weighted by molar-refractivity contribution is -0.137.